The van der Waals surface area contributed by atoms with Crippen LogP contribution in [-0.4, -0.2) is 115 Å². The second kappa shape index (κ2) is 31.7. The fraction of sp³-hybridized carbons (Fsp3) is 0.893. The third-order valence-corrected chi connectivity index (χ3v) is 5.49. The molecule has 0 unspecified atom stereocenters. The number of aliphatic carboxylic acids is 1. The molecular weight excluding hydrogens is 526 g/mol. The van der Waals surface area contributed by atoms with E-state index in [0.29, 0.717) is 79.0 Å². The molecule has 0 heterocycles. The lowest BCUT2D eigenvalue weighted by molar-refractivity contribution is -0.146. The molecule has 0 bridgehead atoms. The average Bonchev–Trinajstić information content (AvgIpc) is 2.93. The van der Waals surface area contributed by atoms with Crippen LogP contribution in [0.4, 0.5) is 0 Å². The Morgan fingerprint density at radius 2 is 1.00 bits per heavy atom. The van der Waals surface area contributed by atoms with Crippen molar-refractivity contribution < 1.29 is 52.6 Å². The van der Waals surface area contributed by atoms with Crippen LogP contribution in [0.1, 0.15) is 71.1 Å². The van der Waals surface area contributed by atoms with Crippen molar-refractivity contribution in [2.24, 2.45) is 0 Å². The van der Waals surface area contributed by atoms with E-state index in [1.54, 1.807) is 0 Å². The number of carbonyl (C=O) groups is 3. The van der Waals surface area contributed by atoms with E-state index in [1.807, 2.05) is 0 Å². The molecule has 0 aliphatic rings. The lowest BCUT2D eigenvalue weighted by Gasteiger charge is -2.09. The Labute approximate surface area is 239 Å². The molecule has 0 fully saturated rings. The molecule has 1 amide bonds. The van der Waals surface area contributed by atoms with Crippen molar-refractivity contribution in [2.45, 2.75) is 71.1 Å². The summed E-state index contributed by atoms with van der Waals surface area (Å²) in [6.07, 6.45) is 11.5. The first-order valence-corrected chi connectivity index (χ1v) is 14.7. The second-order valence-electron chi connectivity index (χ2n) is 9.10. The minimum atomic E-state index is -1.12. The minimum absolute atomic E-state index is 0.152. The summed E-state index contributed by atoms with van der Waals surface area (Å²) in [6, 6.07) is 0. The number of unbranched alkanes of at least 4 members (excludes halogenated alkanes) is 8. The summed E-state index contributed by atoms with van der Waals surface area (Å²) in [5, 5.41) is 11.0. The summed E-state index contributed by atoms with van der Waals surface area (Å²) < 4.78 is 36.8. The molecular formula is C28H53NO11. The molecule has 0 radical (unpaired) electrons. The molecule has 0 aliphatic carbocycles. The van der Waals surface area contributed by atoms with E-state index in [0.717, 1.165) is 12.8 Å². The van der Waals surface area contributed by atoms with E-state index in [1.165, 1.54) is 44.9 Å². The number of nitrogens with one attached hydrogen (secondary N) is 1. The van der Waals surface area contributed by atoms with Crippen LogP contribution in [0.5, 0.6) is 0 Å². The largest absolute Gasteiger partial charge is 0.480 e. The maximum Gasteiger partial charge on any atom is 0.329 e. The van der Waals surface area contributed by atoms with E-state index >= 15 is 0 Å². The Balaban J connectivity index is 3.18. The predicted octanol–water partition coefficient (Wildman–Crippen LogP) is 2.75. The molecule has 2 N–H and O–H groups in total. The summed E-state index contributed by atoms with van der Waals surface area (Å²) >= 11 is 0. The molecule has 40 heavy (non-hydrogen) atoms. The van der Waals surface area contributed by atoms with Crippen LogP contribution in [0, 0.1) is 0 Å². The third kappa shape index (κ3) is 32.4. The van der Waals surface area contributed by atoms with Crippen molar-refractivity contribution in [3.63, 3.8) is 0 Å². The van der Waals surface area contributed by atoms with Gasteiger partial charge in [0.1, 0.15) is 19.8 Å². The van der Waals surface area contributed by atoms with E-state index in [4.69, 9.17) is 33.5 Å². The maximum atomic E-state index is 11.7. The van der Waals surface area contributed by atoms with Gasteiger partial charge in [0.25, 0.3) is 0 Å². The Kier molecular flexibility index (Phi) is 30.2. The normalized spacial score (nSPS) is 11.0. The number of rotatable bonds is 32. The minimum Gasteiger partial charge on any atom is -0.480 e. The zero-order valence-electron chi connectivity index (χ0n) is 24.5. The van der Waals surface area contributed by atoms with E-state index in [9.17, 15) is 14.4 Å². The summed E-state index contributed by atoms with van der Waals surface area (Å²) in [7, 11) is 0. The fourth-order valence-corrected chi connectivity index (χ4v) is 3.39. The molecule has 0 saturated heterocycles. The number of esters is 1. The first kappa shape index (κ1) is 38.2. The Hall–Kier alpha value is -1.83. The highest BCUT2D eigenvalue weighted by Gasteiger charge is 2.04. The van der Waals surface area contributed by atoms with E-state index in [2.05, 4.69) is 17.0 Å². The van der Waals surface area contributed by atoms with Crippen LogP contribution in [0.15, 0.2) is 0 Å². The van der Waals surface area contributed by atoms with Crippen LogP contribution >= 0.6 is 0 Å². The highest BCUT2D eigenvalue weighted by molar-refractivity contribution is 5.77. The van der Waals surface area contributed by atoms with Crippen molar-refractivity contribution in [3.05, 3.63) is 0 Å². The second-order valence-corrected chi connectivity index (χ2v) is 9.10. The van der Waals surface area contributed by atoms with Crippen molar-refractivity contribution >= 4 is 17.8 Å². The van der Waals surface area contributed by atoms with Crippen LogP contribution in [0.3, 0.4) is 0 Å². The predicted molar refractivity (Wildman–Crippen MR) is 148 cm³/mol. The van der Waals surface area contributed by atoms with Gasteiger partial charge in [-0.3, -0.25) is 9.59 Å². The van der Waals surface area contributed by atoms with Gasteiger partial charge in [0.15, 0.2) is 0 Å². The summed E-state index contributed by atoms with van der Waals surface area (Å²) in [5.74, 6) is -1.67. The molecule has 236 valence electrons. The standard InChI is InChI=1S/C28H53NO11/c1-2-3-4-5-6-7-8-9-10-11-28(33)40-23-22-38-21-20-37-19-18-36-17-16-35-15-14-34-13-12-29-26(30)24-39-25-27(31)32/h2-25H2,1H3,(H,29,30)(H,31,32). The fourth-order valence-electron chi connectivity index (χ4n) is 3.39. The SMILES string of the molecule is CCCCCCCCCCCC(=O)OCCOCCOCCOCCOCCOCCNC(=O)COCC(=O)O. The highest BCUT2D eigenvalue weighted by atomic mass is 16.6. The molecule has 0 aliphatic heterocycles. The number of carbonyl (C=O) groups excluding carboxylic acids is 2. The van der Waals surface area contributed by atoms with Gasteiger partial charge in [0, 0.05) is 13.0 Å². The molecule has 0 atom stereocenters. The van der Waals surface area contributed by atoms with E-state index in [-0.39, 0.29) is 19.2 Å². The van der Waals surface area contributed by atoms with Crippen molar-refractivity contribution in [1.82, 2.24) is 5.32 Å². The number of hydrogen-bond acceptors (Lipinski definition) is 10. The third-order valence-electron chi connectivity index (χ3n) is 5.49. The monoisotopic (exact) mass is 579 g/mol. The van der Waals surface area contributed by atoms with Gasteiger partial charge in [0.05, 0.1) is 66.1 Å². The molecule has 0 aromatic rings. The number of carboxylic acids is 1. The Bertz CT molecular complexity index is 593. The zero-order valence-corrected chi connectivity index (χ0v) is 24.5. The zero-order chi connectivity index (χ0) is 29.4. The summed E-state index contributed by atoms with van der Waals surface area (Å²) in [4.78, 5) is 33.3. The lowest BCUT2D eigenvalue weighted by Crippen LogP contribution is -2.31. The van der Waals surface area contributed by atoms with Gasteiger partial charge in [-0.2, -0.15) is 0 Å². The van der Waals surface area contributed by atoms with Gasteiger partial charge in [-0.25, -0.2) is 4.79 Å². The van der Waals surface area contributed by atoms with Crippen molar-refractivity contribution in [2.75, 3.05) is 92.4 Å². The molecule has 12 nitrogen and oxygen atoms in total. The van der Waals surface area contributed by atoms with Crippen LogP contribution in [-0.2, 0) is 47.5 Å². The van der Waals surface area contributed by atoms with E-state index < -0.39 is 18.5 Å². The van der Waals surface area contributed by atoms with Crippen molar-refractivity contribution in [1.29, 1.82) is 0 Å². The molecule has 0 rings (SSSR count). The van der Waals surface area contributed by atoms with Crippen molar-refractivity contribution in [3.8, 4) is 0 Å². The van der Waals surface area contributed by atoms with Gasteiger partial charge in [-0.15, -0.1) is 0 Å². The van der Waals surface area contributed by atoms with Gasteiger partial charge in [-0.1, -0.05) is 58.3 Å². The number of amides is 1. The summed E-state index contributed by atoms with van der Waals surface area (Å²) in [6.45, 7) is 6.11. The van der Waals surface area contributed by atoms with Gasteiger partial charge in [-0.05, 0) is 6.42 Å². The van der Waals surface area contributed by atoms with Crippen LogP contribution in [0.2, 0.25) is 0 Å². The lowest BCUT2D eigenvalue weighted by atomic mass is 10.1. The Morgan fingerprint density at radius 3 is 1.50 bits per heavy atom. The van der Waals surface area contributed by atoms with Gasteiger partial charge < -0.3 is 43.6 Å². The number of hydrogen-bond donors (Lipinski definition) is 2. The maximum absolute atomic E-state index is 11.7. The average molecular weight is 580 g/mol. The summed E-state index contributed by atoms with van der Waals surface area (Å²) in [5.41, 5.74) is 0. The topological polar surface area (TPSA) is 148 Å². The highest BCUT2D eigenvalue weighted by Crippen LogP contribution is 2.10. The number of ether oxygens (including phenoxy) is 7. The first-order chi connectivity index (χ1) is 19.6. The number of carboxylic acid groups (broad SMARTS) is 1. The molecule has 0 aromatic carbocycles. The quantitative estimate of drug-likeness (QED) is 0.0895. The molecule has 12 heteroatoms. The molecule has 0 spiro atoms. The van der Waals surface area contributed by atoms with Gasteiger partial charge in [0.2, 0.25) is 5.91 Å². The molecule has 0 saturated carbocycles. The van der Waals surface area contributed by atoms with Crippen LogP contribution < -0.4 is 5.32 Å². The first-order valence-electron chi connectivity index (χ1n) is 14.7. The molecule has 0 aromatic heterocycles. The Morgan fingerprint density at radius 1 is 0.550 bits per heavy atom. The van der Waals surface area contributed by atoms with Gasteiger partial charge >= 0.3 is 11.9 Å². The van der Waals surface area contributed by atoms with Crippen LogP contribution in [0.25, 0.3) is 0 Å². The smallest absolute Gasteiger partial charge is 0.329 e.